The van der Waals surface area contributed by atoms with Crippen molar-refractivity contribution in [2.45, 2.75) is 12.5 Å². The number of anilines is 1. The van der Waals surface area contributed by atoms with Crippen LogP contribution in [0.3, 0.4) is 0 Å². The lowest BCUT2D eigenvalue weighted by atomic mass is 10.0. The average molecular weight is 328 g/mol. The Balaban J connectivity index is 2.11. The minimum atomic E-state index is -0.682. The first-order chi connectivity index (χ1) is 11.6. The summed E-state index contributed by atoms with van der Waals surface area (Å²) in [5.74, 6) is -1.32. The number of hydrogen-bond acceptors (Lipinski definition) is 3. The van der Waals surface area contributed by atoms with Crippen LogP contribution in [0.1, 0.15) is 18.0 Å². The molecule has 124 valence electrons. The molecule has 1 N–H and O–H groups in total. The molecule has 0 aliphatic carbocycles. The standard InChI is InChI=1S/C19H18F2N2O/c1-23(17(8-10-24)13-5-3-2-4-6-13)18-7-9-22-19-15(18)11-14(20)12-16(19)21/h2-7,9,11-12,17,24H,8,10H2,1H3. The first-order valence-electron chi connectivity index (χ1n) is 7.74. The van der Waals surface area contributed by atoms with Crippen LogP contribution < -0.4 is 4.90 Å². The molecule has 0 bridgehead atoms. The predicted molar refractivity (Wildman–Crippen MR) is 90.9 cm³/mol. The van der Waals surface area contributed by atoms with Crippen molar-refractivity contribution >= 4 is 16.6 Å². The van der Waals surface area contributed by atoms with E-state index in [2.05, 4.69) is 4.98 Å². The van der Waals surface area contributed by atoms with E-state index < -0.39 is 11.6 Å². The lowest BCUT2D eigenvalue weighted by molar-refractivity contribution is 0.275. The molecule has 0 radical (unpaired) electrons. The third kappa shape index (κ3) is 3.08. The third-order valence-corrected chi connectivity index (χ3v) is 4.17. The van der Waals surface area contributed by atoms with Crippen LogP contribution in [0.5, 0.6) is 0 Å². The van der Waals surface area contributed by atoms with Crippen molar-refractivity contribution < 1.29 is 13.9 Å². The summed E-state index contributed by atoms with van der Waals surface area (Å²) in [6, 6.07) is 13.5. The van der Waals surface area contributed by atoms with E-state index in [9.17, 15) is 13.9 Å². The van der Waals surface area contributed by atoms with Crippen LogP contribution in [0.15, 0.2) is 54.7 Å². The number of pyridine rings is 1. The van der Waals surface area contributed by atoms with Gasteiger partial charge in [-0.2, -0.15) is 0 Å². The highest BCUT2D eigenvalue weighted by Gasteiger charge is 2.20. The molecule has 1 unspecified atom stereocenters. The Kier molecular flexibility index (Phi) is 4.71. The Bertz CT molecular complexity index is 839. The number of nitrogens with zero attached hydrogens (tertiary/aromatic N) is 2. The zero-order chi connectivity index (χ0) is 17.1. The van der Waals surface area contributed by atoms with Crippen molar-refractivity contribution in [3.8, 4) is 0 Å². The number of hydrogen-bond donors (Lipinski definition) is 1. The molecule has 2 aromatic carbocycles. The van der Waals surface area contributed by atoms with Gasteiger partial charge in [-0.25, -0.2) is 8.78 Å². The summed E-state index contributed by atoms with van der Waals surface area (Å²) in [6.45, 7) is 0.00956. The predicted octanol–water partition coefficient (Wildman–Crippen LogP) is 4.07. The first kappa shape index (κ1) is 16.3. The summed E-state index contributed by atoms with van der Waals surface area (Å²) in [5.41, 5.74) is 1.83. The van der Waals surface area contributed by atoms with Crippen LogP contribution in [-0.2, 0) is 0 Å². The Morgan fingerprint density at radius 3 is 2.58 bits per heavy atom. The molecule has 1 heterocycles. The lowest BCUT2D eigenvalue weighted by Crippen LogP contribution is -2.25. The summed E-state index contributed by atoms with van der Waals surface area (Å²) in [5, 5.41) is 9.85. The molecule has 24 heavy (non-hydrogen) atoms. The van der Waals surface area contributed by atoms with Crippen LogP contribution in [0.2, 0.25) is 0 Å². The zero-order valence-corrected chi connectivity index (χ0v) is 13.3. The second kappa shape index (κ2) is 6.93. The third-order valence-electron chi connectivity index (χ3n) is 4.17. The van der Waals surface area contributed by atoms with E-state index in [1.54, 1.807) is 6.07 Å². The molecule has 3 nitrogen and oxygen atoms in total. The lowest BCUT2D eigenvalue weighted by Gasteiger charge is -2.31. The molecule has 0 saturated heterocycles. The first-order valence-corrected chi connectivity index (χ1v) is 7.74. The number of halogens is 2. The Morgan fingerprint density at radius 1 is 1.12 bits per heavy atom. The molecule has 0 fully saturated rings. The number of aliphatic hydroxyl groups excluding tert-OH is 1. The smallest absolute Gasteiger partial charge is 0.152 e. The fraction of sp³-hybridized carbons (Fsp3) is 0.211. The second-order valence-electron chi connectivity index (χ2n) is 5.66. The molecule has 0 saturated carbocycles. The average Bonchev–Trinajstić information content (AvgIpc) is 2.59. The van der Waals surface area contributed by atoms with Crippen molar-refractivity contribution in [3.63, 3.8) is 0 Å². The van der Waals surface area contributed by atoms with E-state index in [0.717, 1.165) is 11.6 Å². The van der Waals surface area contributed by atoms with E-state index >= 15 is 0 Å². The van der Waals surface area contributed by atoms with Crippen LogP contribution >= 0.6 is 0 Å². The highest BCUT2D eigenvalue weighted by molar-refractivity contribution is 5.92. The molecule has 5 heteroatoms. The van der Waals surface area contributed by atoms with Gasteiger partial charge in [0.15, 0.2) is 5.82 Å². The number of fused-ring (bicyclic) bond motifs is 1. The van der Waals surface area contributed by atoms with Crippen LogP contribution in [0.4, 0.5) is 14.5 Å². The van der Waals surface area contributed by atoms with Crippen LogP contribution in [0.25, 0.3) is 10.9 Å². The van der Waals surface area contributed by atoms with E-state index in [4.69, 9.17) is 0 Å². The quantitative estimate of drug-likeness (QED) is 0.767. The molecule has 0 aliphatic heterocycles. The number of aliphatic hydroxyl groups is 1. The van der Waals surface area contributed by atoms with Gasteiger partial charge in [-0.05, 0) is 24.1 Å². The van der Waals surface area contributed by atoms with Gasteiger partial charge in [-0.1, -0.05) is 30.3 Å². The maximum atomic E-state index is 14.0. The van der Waals surface area contributed by atoms with E-state index in [1.165, 1.54) is 12.3 Å². The van der Waals surface area contributed by atoms with E-state index in [-0.39, 0.29) is 18.2 Å². The van der Waals surface area contributed by atoms with Crippen molar-refractivity contribution in [3.05, 3.63) is 71.9 Å². The second-order valence-corrected chi connectivity index (χ2v) is 5.66. The Morgan fingerprint density at radius 2 is 1.88 bits per heavy atom. The molecule has 1 aromatic heterocycles. The van der Waals surface area contributed by atoms with Crippen molar-refractivity contribution in [2.24, 2.45) is 0 Å². The fourth-order valence-corrected chi connectivity index (χ4v) is 3.02. The van der Waals surface area contributed by atoms with Gasteiger partial charge < -0.3 is 10.0 Å². The molecule has 0 aliphatic rings. The molecule has 0 amide bonds. The van der Waals surface area contributed by atoms with Crippen molar-refractivity contribution in [1.29, 1.82) is 0 Å². The van der Waals surface area contributed by atoms with Gasteiger partial charge in [-0.15, -0.1) is 0 Å². The minimum Gasteiger partial charge on any atom is -0.396 e. The number of rotatable bonds is 5. The van der Waals surface area contributed by atoms with Gasteiger partial charge in [0.1, 0.15) is 11.3 Å². The van der Waals surface area contributed by atoms with Gasteiger partial charge in [0.25, 0.3) is 0 Å². The van der Waals surface area contributed by atoms with Crippen LogP contribution in [-0.4, -0.2) is 23.7 Å². The molecule has 3 aromatic rings. The van der Waals surface area contributed by atoms with Gasteiger partial charge in [0.05, 0.1) is 6.04 Å². The van der Waals surface area contributed by atoms with E-state index in [0.29, 0.717) is 17.5 Å². The molecular weight excluding hydrogens is 310 g/mol. The topological polar surface area (TPSA) is 36.4 Å². The molecular formula is C19H18F2N2O. The summed E-state index contributed by atoms with van der Waals surface area (Å²) in [7, 11) is 1.85. The summed E-state index contributed by atoms with van der Waals surface area (Å²) in [6.07, 6.45) is 2.01. The minimum absolute atomic E-state index is 0.00956. The summed E-state index contributed by atoms with van der Waals surface area (Å²) in [4.78, 5) is 5.95. The van der Waals surface area contributed by atoms with Crippen LogP contribution in [0, 0.1) is 11.6 Å². The number of aromatic nitrogens is 1. The van der Waals surface area contributed by atoms with Crippen molar-refractivity contribution in [2.75, 3.05) is 18.6 Å². The molecule has 1 atom stereocenters. The van der Waals surface area contributed by atoms with Gasteiger partial charge in [0, 0.05) is 37.0 Å². The monoisotopic (exact) mass is 328 g/mol. The Hall–Kier alpha value is -2.53. The largest absolute Gasteiger partial charge is 0.396 e. The SMILES string of the molecule is CN(c1ccnc2c(F)cc(F)cc12)C(CCO)c1ccccc1. The van der Waals surface area contributed by atoms with Gasteiger partial charge in [0.2, 0.25) is 0 Å². The highest BCUT2D eigenvalue weighted by Crippen LogP contribution is 2.33. The maximum Gasteiger partial charge on any atom is 0.152 e. The summed E-state index contributed by atoms with van der Waals surface area (Å²) < 4.78 is 27.7. The molecule has 3 rings (SSSR count). The van der Waals surface area contributed by atoms with Gasteiger partial charge in [-0.3, -0.25) is 4.98 Å². The zero-order valence-electron chi connectivity index (χ0n) is 13.3. The van der Waals surface area contributed by atoms with E-state index in [1.807, 2.05) is 42.3 Å². The Labute approximate surface area is 139 Å². The normalized spacial score (nSPS) is 12.3. The fourth-order valence-electron chi connectivity index (χ4n) is 3.02. The summed E-state index contributed by atoms with van der Waals surface area (Å²) >= 11 is 0. The maximum absolute atomic E-state index is 14.0. The van der Waals surface area contributed by atoms with Gasteiger partial charge >= 0.3 is 0 Å². The highest BCUT2D eigenvalue weighted by atomic mass is 19.1. The molecule has 0 spiro atoms. The number of benzene rings is 2. The van der Waals surface area contributed by atoms with Crippen molar-refractivity contribution in [1.82, 2.24) is 4.98 Å².